The summed E-state index contributed by atoms with van der Waals surface area (Å²) in [6.45, 7) is 0. The monoisotopic (exact) mass is 297 g/mol. The molecule has 4 heteroatoms. The highest BCUT2D eigenvalue weighted by molar-refractivity contribution is 5.85. The number of rotatable bonds is 0. The maximum atomic E-state index is 5.39. The molecule has 0 radical (unpaired) electrons. The van der Waals surface area contributed by atoms with Gasteiger partial charge in [-0.3, -0.25) is 4.98 Å². The van der Waals surface area contributed by atoms with Crippen molar-refractivity contribution in [3.63, 3.8) is 0 Å². The topological polar surface area (TPSA) is 51.8 Å². The molecular weight excluding hydrogens is 286 g/mol. The van der Waals surface area contributed by atoms with Crippen molar-refractivity contribution in [3.8, 4) is 0 Å². The van der Waals surface area contributed by atoms with Gasteiger partial charge in [-0.1, -0.05) is 6.07 Å². The summed E-state index contributed by atoms with van der Waals surface area (Å²) in [5.74, 6) is 0.248. The van der Waals surface area contributed by atoms with Crippen LogP contribution in [0.2, 0.25) is 0 Å². The van der Waals surface area contributed by atoms with Crippen LogP contribution in [0.1, 0.15) is 45.5 Å². The van der Waals surface area contributed by atoms with Gasteiger partial charge in [0.1, 0.15) is 6.33 Å². The summed E-state index contributed by atoms with van der Waals surface area (Å²) in [5.41, 5.74) is 7.31. The lowest BCUT2D eigenvalue weighted by Crippen LogP contribution is -2.29. The van der Waals surface area contributed by atoms with E-state index in [1.165, 1.54) is 22.3 Å². The molecule has 0 saturated carbocycles. The zero-order chi connectivity index (χ0) is 15.0. The molecule has 7 rings (SSSR count). The third-order valence-corrected chi connectivity index (χ3v) is 5.11. The number of hydrogen-bond acceptors (Lipinski definition) is 4. The van der Waals surface area contributed by atoms with Gasteiger partial charge in [0, 0.05) is 28.7 Å². The van der Waals surface area contributed by atoms with Crippen molar-refractivity contribution in [2.45, 2.75) is 11.8 Å². The van der Waals surface area contributed by atoms with Crippen molar-refractivity contribution >= 4 is 10.8 Å². The Morgan fingerprint density at radius 2 is 1.57 bits per heavy atom. The Balaban J connectivity index is 1.78. The second-order valence-electron chi connectivity index (χ2n) is 6.19. The molecule has 0 aliphatic heterocycles. The van der Waals surface area contributed by atoms with Gasteiger partial charge >= 0.3 is 0 Å². The van der Waals surface area contributed by atoms with E-state index in [1.54, 1.807) is 12.6 Å². The summed E-state index contributed by atoms with van der Waals surface area (Å²) in [7, 11) is 0. The van der Waals surface area contributed by atoms with Crippen molar-refractivity contribution in [2.24, 2.45) is 0 Å². The number of aromatic nitrogens is 3. The standard InChI is InChI=1S/C19H11N3O/c1-2-12-16-13-4-10-7-23-8-11(10)5-14(13)17(18(12)21-3-1)15-6-20-9-22-19(15)16/h1-9,16-17H. The average molecular weight is 297 g/mol. The fraction of sp³-hybridized carbons (Fsp3) is 0.105. The highest BCUT2D eigenvalue weighted by atomic mass is 16.3. The molecule has 0 amide bonds. The summed E-state index contributed by atoms with van der Waals surface area (Å²) in [6.07, 6.45) is 9.08. The summed E-state index contributed by atoms with van der Waals surface area (Å²) in [4.78, 5) is 13.6. The summed E-state index contributed by atoms with van der Waals surface area (Å²) in [6, 6.07) is 8.66. The molecule has 2 atom stereocenters. The van der Waals surface area contributed by atoms with Crippen LogP contribution in [0.5, 0.6) is 0 Å². The molecule has 23 heavy (non-hydrogen) atoms. The first kappa shape index (κ1) is 11.5. The number of nitrogens with zero attached hydrogens (tertiary/aromatic N) is 3. The van der Waals surface area contributed by atoms with E-state index >= 15 is 0 Å². The van der Waals surface area contributed by atoms with Crippen LogP contribution in [-0.4, -0.2) is 15.0 Å². The fourth-order valence-electron chi connectivity index (χ4n) is 4.21. The lowest BCUT2D eigenvalue weighted by molar-refractivity contribution is 0.572. The smallest absolute Gasteiger partial charge is 0.115 e. The maximum Gasteiger partial charge on any atom is 0.115 e. The van der Waals surface area contributed by atoms with Gasteiger partial charge in [-0.05, 0) is 34.9 Å². The van der Waals surface area contributed by atoms with Crippen LogP contribution in [0.3, 0.4) is 0 Å². The van der Waals surface area contributed by atoms with Crippen LogP contribution >= 0.6 is 0 Å². The predicted octanol–water partition coefficient (Wildman–Crippen LogP) is 3.61. The predicted molar refractivity (Wildman–Crippen MR) is 84.4 cm³/mol. The van der Waals surface area contributed by atoms with E-state index in [0.29, 0.717) is 0 Å². The third-order valence-electron chi connectivity index (χ3n) is 5.11. The van der Waals surface area contributed by atoms with Crippen LogP contribution < -0.4 is 0 Å². The first-order chi connectivity index (χ1) is 11.4. The molecule has 2 bridgehead atoms. The van der Waals surface area contributed by atoms with E-state index in [1.807, 2.05) is 24.7 Å². The Bertz CT molecular complexity index is 967. The molecule has 3 heterocycles. The van der Waals surface area contributed by atoms with E-state index in [-0.39, 0.29) is 11.8 Å². The van der Waals surface area contributed by atoms with Crippen molar-refractivity contribution in [3.05, 3.63) is 89.2 Å². The molecule has 2 unspecified atom stereocenters. The molecule has 0 spiro atoms. The van der Waals surface area contributed by atoms with Crippen molar-refractivity contribution in [1.29, 1.82) is 0 Å². The van der Waals surface area contributed by atoms with Crippen molar-refractivity contribution < 1.29 is 4.42 Å². The molecule has 3 aliphatic carbocycles. The summed E-state index contributed by atoms with van der Waals surface area (Å²) < 4.78 is 5.39. The van der Waals surface area contributed by atoms with E-state index in [9.17, 15) is 0 Å². The molecule has 3 aliphatic rings. The minimum Gasteiger partial charge on any atom is -0.471 e. The van der Waals surface area contributed by atoms with Gasteiger partial charge in [0.25, 0.3) is 0 Å². The fourth-order valence-corrected chi connectivity index (χ4v) is 4.21. The summed E-state index contributed by atoms with van der Waals surface area (Å²) >= 11 is 0. The van der Waals surface area contributed by atoms with Crippen LogP contribution in [0.15, 0.2) is 59.9 Å². The quantitative estimate of drug-likeness (QED) is 0.430. The number of furan rings is 1. The van der Waals surface area contributed by atoms with Gasteiger partial charge in [-0.15, -0.1) is 0 Å². The third kappa shape index (κ3) is 1.30. The average Bonchev–Trinajstić information content (AvgIpc) is 3.06. The molecule has 0 N–H and O–H groups in total. The van der Waals surface area contributed by atoms with Crippen LogP contribution in [0, 0.1) is 0 Å². The van der Waals surface area contributed by atoms with Gasteiger partial charge in [0.05, 0.1) is 35.7 Å². The first-order valence-corrected chi connectivity index (χ1v) is 7.66. The number of benzene rings is 1. The van der Waals surface area contributed by atoms with Crippen molar-refractivity contribution in [1.82, 2.24) is 15.0 Å². The Morgan fingerprint density at radius 3 is 2.39 bits per heavy atom. The highest BCUT2D eigenvalue weighted by Crippen LogP contribution is 2.54. The number of pyridine rings is 1. The Labute approximate surface area is 131 Å². The Morgan fingerprint density at radius 1 is 0.826 bits per heavy atom. The molecular formula is C19H11N3O. The van der Waals surface area contributed by atoms with Crippen LogP contribution in [0.25, 0.3) is 10.8 Å². The molecule has 4 nitrogen and oxygen atoms in total. The van der Waals surface area contributed by atoms with E-state index in [0.717, 1.165) is 22.2 Å². The lowest BCUT2D eigenvalue weighted by atomic mass is 9.64. The van der Waals surface area contributed by atoms with Gasteiger partial charge in [0.15, 0.2) is 0 Å². The molecule has 1 aromatic carbocycles. The zero-order valence-corrected chi connectivity index (χ0v) is 12.1. The van der Waals surface area contributed by atoms with Gasteiger partial charge in [0.2, 0.25) is 0 Å². The van der Waals surface area contributed by atoms with Crippen LogP contribution in [0.4, 0.5) is 0 Å². The SMILES string of the molecule is c1cnc2c(c1)C1c3cc4cocc4cc3C2c2cncnc21. The number of fused-ring (bicyclic) bond motifs is 1. The second-order valence-corrected chi connectivity index (χ2v) is 6.19. The second kappa shape index (κ2) is 3.84. The first-order valence-electron chi connectivity index (χ1n) is 7.66. The zero-order valence-electron chi connectivity index (χ0n) is 12.1. The molecule has 4 aromatic rings. The molecule has 0 fully saturated rings. The van der Waals surface area contributed by atoms with Gasteiger partial charge in [-0.25, -0.2) is 9.97 Å². The molecule has 108 valence electrons. The molecule has 3 aromatic heterocycles. The largest absolute Gasteiger partial charge is 0.471 e. The maximum absolute atomic E-state index is 5.39. The van der Waals surface area contributed by atoms with Crippen LogP contribution in [-0.2, 0) is 0 Å². The number of hydrogen-bond donors (Lipinski definition) is 0. The van der Waals surface area contributed by atoms with Crippen molar-refractivity contribution in [2.75, 3.05) is 0 Å². The Kier molecular flexibility index (Phi) is 1.93. The van der Waals surface area contributed by atoms with E-state index in [2.05, 4.69) is 33.2 Å². The van der Waals surface area contributed by atoms with Gasteiger partial charge in [-0.2, -0.15) is 0 Å². The summed E-state index contributed by atoms with van der Waals surface area (Å²) in [5, 5.41) is 2.27. The minimum absolute atomic E-state index is 0.113. The molecule has 0 saturated heterocycles. The van der Waals surface area contributed by atoms with E-state index < -0.39 is 0 Å². The minimum atomic E-state index is 0.113. The normalized spacial score (nSPS) is 20.2. The Hall–Kier alpha value is -3.01. The lowest BCUT2D eigenvalue weighted by Gasteiger charge is -2.39. The van der Waals surface area contributed by atoms with Gasteiger partial charge < -0.3 is 4.42 Å². The van der Waals surface area contributed by atoms with E-state index in [4.69, 9.17) is 4.42 Å². The highest BCUT2D eigenvalue weighted by Gasteiger charge is 2.43.